The molecule has 2 saturated carbocycles. The average molecular weight is 281 g/mol. The first kappa shape index (κ1) is 14.8. The zero-order valence-electron chi connectivity index (χ0n) is 12.8. The Bertz CT molecular complexity index is 301. The van der Waals surface area contributed by atoms with Gasteiger partial charge in [0.25, 0.3) is 0 Å². The summed E-state index contributed by atoms with van der Waals surface area (Å²) in [5.41, 5.74) is 0.244. The summed E-state index contributed by atoms with van der Waals surface area (Å²) in [4.78, 5) is 0. The molecule has 2 aliphatic carbocycles. The van der Waals surface area contributed by atoms with Crippen LogP contribution in [0.4, 0.5) is 0 Å². The van der Waals surface area contributed by atoms with E-state index in [4.69, 9.17) is 4.74 Å². The highest BCUT2D eigenvalue weighted by Gasteiger charge is 2.40. The molecule has 3 heteroatoms. The van der Waals surface area contributed by atoms with Crippen LogP contribution in [0.1, 0.15) is 70.6 Å². The van der Waals surface area contributed by atoms with Gasteiger partial charge in [0.1, 0.15) is 0 Å². The van der Waals surface area contributed by atoms with E-state index in [1.165, 1.54) is 70.6 Å². The Labute approximate surface area is 123 Å². The third kappa shape index (κ3) is 3.37. The highest BCUT2D eigenvalue weighted by Crippen LogP contribution is 2.41. The van der Waals surface area contributed by atoms with Crippen molar-refractivity contribution in [2.45, 2.75) is 88.4 Å². The average Bonchev–Trinajstić information content (AvgIpc) is 2.89. The number of aliphatic hydroxyl groups is 1. The monoisotopic (exact) mass is 281 g/mol. The molecule has 0 aromatic heterocycles. The molecule has 3 nitrogen and oxygen atoms in total. The standard InChI is InChI=1S/C17H31NO2/c19-13-14-6-2-3-7-16(14)18-12-15-8-11-17(20-15)9-4-1-5-10-17/h14-16,18-19H,1-13H2. The minimum atomic E-state index is 0.244. The molecule has 3 rings (SSSR count). The van der Waals surface area contributed by atoms with Crippen molar-refractivity contribution >= 4 is 0 Å². The van der Waals surface area contributed by atoms with Crippen LogP contribution in [-0.2, 0) is 4.74 Å². The number of ether oxygens (including phenoxy) is 1. The number of hydrogen-bond acceptors (Lipinski definition) is 3. The Hall–Kier alpha value is -0.120. The third-order valence-electron chi connectivity index (χ3n) is 5.85. The predicted molar refractivity (Wildman–Crippen MR) is 80.8 cm³/mol. The smallest absolute Gasteiger partial charge is 0.0708 e. The van der Waals surface area contributed by atoms with Crippen molar-refractivity contribution in [3.05, 3.63) is 0 Å². The molecular weight excluding hydrogens is 250 g/mol. The van der Waals surface area contributed by atoms with E-state index in [9.17, 15) is 5.11 Å². The van der Waals surface area contributed by atoms with Gasteiger partial charge in [0.2, 0.25) is 0 Å². The predicted octanol–water partition coefficient (Wildman–Crippen LogP) is 3.01. The molecule has 1 spiro atoms. The Morgan fingerprint density at radius 3 is 2.55 bits per heavy atom. The fourth-order valence-corrected chi connectivity index (χ4v) is 4.58. The first-order chi connectivity index (χ1) is 9.81. The Morgan fingerprint density at radius 1 is 0.950 bits per heavy atom. The first-order valence-electron chi connectivity index (χ1n) is 8.83. The van der Waals surface area contributed by atoms with E-state index in [0.717, 1.165) is 6.54 Å². The molecule has 0 amide bonds. The van der Waals surface area contributed by atoms with E-state index >= 15 is 0 Å². The molecule has 0 radical (unpaired) electrons. The van der Waals surface area contributed by atoms with E-state index in [1.807, 2.05) is 0 Å². The van der Waals surface area contributed by atoms with Crippen LogP contribution in [-0.4, -0.2) is 36.0 Å². The summed E-state index contributed by atoms with van der Waals surface area (Å²) in [7, 11) is 0. The van der Waals surface area contributed by atoms with Gasteiger partial charge in [-0.25, -0.2) is 0 Å². The maximum atomic E-state index is 9.48. The molecule has 0 aromatic rings. The van der Waals surface area contributed by atoms with Crippen LogP contribution < -0.4 is 5.32 Å². The molecule has 2 N–H and O–H groups in total. The fourth-order valence-electron chi connectivity index (χ4n) is 4.58. The van der Waals surface area contributed by atoms with Gasteiger partial charge in [0.15, 0.2) is 0 Å². The Morgan fingerprint density at radius 2 is 1.75 bits per heavy atom. The topological polar surface area (TPSA) is 41.5 Å². The molecule has 3 fully saturated rings. The van der Waals surface area contributed by atoms with Gasteiger partial charge in [-0.3, -0.25) is 0 Å². The Kier molecular flexibility index (Phi) is 5.00. The van der Waals surface area contributed by atoms with E-state index in [1.54, 1.807) is 0 Å². The van der Waals surface area contributed by atoms with Crippen molar-refractivity contribution in [1.29, 1.82) is 0 Å². The molecule has 1 heterocycles. The quantitative estimate of drug-likeness (QED) is 0.832. The summed E-state index contributed by atoms with van der Waals surface area (Å²) in [6, 6.07) is 0.514. The van der Waals surface area contributed by atoms with E-state index in [2.05, 4.69) is 5.32 Å². The van der Waals surface area contributed by atoms with Crippen molar-refractivity contribution in [3.63, 3.8) is 0 Å². The van der Waals surface area contributed by atoms with Crippen LogP contribution in [0.3, 0.4) is 0 Å². The SMILES string of the molecule is OCC1CCCCC1NCC1CCC2(CCCCC2)O1. The maximum Gasteiger partial charge on any atom is 0.0708 e. The molecule has 1 saturated heterocycles. The van der Waals surface area contributed by atoms with Gasteiger partial charge >= 0.3 is 0 Å². The fraction of sp³-hybridized carbons (Fsp3) is 1.00. The summed E-state index contributed by atoms with van der Waals surface area (Å²) < 4.78 is 6.42. The number of nitrogens with one attached hydrogen (secondary N) is 1. The van der Waals surface area contributed by atoms with E-state index < -0.39 is 0 Å². The lowest BCUT2D eigenvalue weighted by Crippen LogP contribution is -2.44. The minimum absolute atomic E-state index is 0.244. The number of aliphatic hydroxyl groups excluding tert-OH is 1. The largest absolute Gasteiger partial charge is 0.396 e. The van der Waals surface area contributed by atoms with E-state index in [-0.39, 0.29) is 5.60 Å². The highest BCUT2D eigenvalue weighted by molar-refractivity contribution is 4.92. The second-order valence-corrected chi connectivity index (χ2v) is 7.26. The molecule has 3 unspecified atom stereocenters. The van der Waals surface area contributed by atoms with Gasteiger partial charge in [-0.2, -0.15) is 0 Å². The summed E-state index contributed by atoms with van der Waals surface area (Å²) in [6.07, 6.45) is 14.6. The van der Waals surface area contributed by atoms with Gasteiger partial charge in [0, 0.05) is 19.2 Å². The second kappa shape index (κ2) is 6.76. The zero-order chi connectivity index (χ0) is 13.8. The van der Waals surface area contributed by atoms with Crippen molar-refractivity contribution in [1.82, 2.24) is 5.32 Å². The second-order valence-electron chi connectivity index (χ2n) is 7.26. The van der Waals surface area contributed by atoms with Gasteiger partial charge in [-0.15, -0.1) is 0 Å². The lowest BCUT2D eigenvalue weighted by Gasteiger charge is -2.34. The maximum absolute atomic E-state index is 9.48. The Balaban J connectivity index is 1.44. The van der Waals surface area contributed by atoms with Crippen molar-refractivity contribution in [3.8, 4) is 0 Å². The van der Waals surface area contributed by atoms with Crippen LogP contribution >= 0.6 is 0 Å². The van der Waals surface area contributed by atoms with Gasteiger partial charge in [0.05, 0.1) is 11.7 Å². The zero-order valence-corrected chi connectivity index (χ0v) is 12.8. The van der Waals surface area contributed by atoms with Gasteiger partial charge in [-0.1, -0.05) is 32.1 Å². The minimum Gasteiger partial charge on any atom is -0.396 e. The van der Waals surface area contributed by atoms with Gasteiger partial charge in [-0.05, 0) is 44.4 Å². The normalized spacial score (nSPS) is 37.4. The summed E-state index contributed by atoms with van der Waals surface area (Å²) >= 11 is 0. The van der Waals surface area contributed by atoms with Gasteiger partial charge < -0.3 is 15.2 Å². The molecule has 3 atom stereocenters. The van der Waals surface area contributed by atoms with Crippen LogP contribution in [0.25, 0.3) is 0 Å². The van der Waals surface area contributed by atoms with Crippen LogP contribution in [0.5, 0.6) is 0 Å². The summed E-state index contributed by atoms with van der Waals surface area (Å²) in [6.45, 7) is 1.33. The van der Waals surface area contributed by atoms with Crippen molar-refractivity contribution in [2.75, 3.05) is 13.2 Å². The number of hydrogen-bond donors (Lipinski definition) is 2. The highest BCUT2D eigenvalue weighted by atomic mass is 16.5. The molecule has 1 aliphatic heterocycles. The van der Waals surface area contributed by atoms with Crippen LogP contribution in [0.2, 0.25) is 0 Å². The van der Waals surface area contributed by atoms with Crippen molar-refractivity contribution < 1.29 is 9.84 Å². The van der Waals surface area contributed by atoms with Crippen molar-refractivity contribution in [2.24, 2.45) is 5.92 Å². The summed E-state index contributed by atoms with van der Waals surface area (Å²) in [5.74, 6) is 0.466. The van der Waals surface area contributed by atoms with Crippen LogP contribution in [0.15, 0.2) is 0 Å². The van der Waals surface area contributed by atoms with E-state index in [0.29, 0.717) is 24.7 Å². The molecule has 0 aromatic carbocycles. The summed E-state index contributed by atoms with van der Waals surface area (Å²) in [5, 5.41) is 13.2. The molecule has 3 aliphatic rings. The first-order valence-corrected chi connectivity index (χ1v) is 8.83. The molecule has 20 heavy (non-hydrogen) atoms. The number of rotatable bonds is 4. The third-order valence-corrected chi connectivity index (χ3v) is 5.85. The molecule has 0 bridgehead atoms. The lowest BCUT2D eigenvalue weighted by atomic mass is 9.83. The lowest BCUT2D eigenvalue weighted by molar-refractivity contribution is -0.0638. The van der Waals surface area contributed by atoms with Crippen LogP contribution in [0, 0.1) is 5.92 Å². The molecule has 116 valence electrons. The molecular formula is C17H31NO2.